The molecule has 0 saturated carbocycles. The van der Waals surface area contributed by atoms with Crippen molar-refractivity contribution >= 4 is 27.6 Å². The zero-order valence-electron chi connectivity index (χ0n) is 18.9. The minimum Gasteiger partial charge on any atom is -0.329 e. The highest BCUT2D eigenvalue weighted by Crippen LogP contribution is 2.22. The zero-order valence-corrected chi connectivity index (χ0v) is 20.5. The normalized spacial score (nSPS) is 10.9. The number of nitrogens with zero attached hydrogens (tertiary/aromatic N) is 2. The van der Waals surface area contributed by atoms with Crippen molar-refractivity contribution in [3.05, 3.63) is 111 Å². The van der Waals surface area contributed by atoms with Crippen LogP contribution in [0.3, 0.4) is 0 Å². The Labute approximate surface area is 206 Å². The van der Waals surface area contributed by atoms with E-state index in [1.165, 1.54) is 9.58 Å². The molecule has 0 fully saturated rings. The number of aromatic nitrogens is 2. The Morgan fingerprint density at radius 3 is 2.09 bits per heavy atom. The molecule has 0 atom stereocenters. The number of carbonyl (C=O) groups is 2. The van der Waals surface area contributed by atoms with E-state index in [-0.39, 0.29) is 24.1 Å². The van der Waals surface area contributed by atoms with Crippen molar-refractivity contribution in [3.63, 3.8) is 0 Å². The second-order valence-electron chi connectivity index (χ2n) is 8.16. The fraction of sp³-hybridized carbons (Fsp3) is 0.148. The first kappa shape index (κ1) is 23.4. The van der Waals surface area contributed by atoms with Crippen LogP contribution < -0.4 is 5.56 Å². The Hall–Kier alpha value is -3.71. The van der Waals surface area contributed by atoms with Crippen LogP contribution in [0, 0.1) is 0 Å². The summed E-state index contributed by atoms with van der Waals surface area (Å²) in [7, 11) is 0. The molecule has 4 aromatic rings. The van der Waals surface area contributed by atoms with Gasteiger partial charge in [0.25, 0.3) is 11.5 Å². The molecule has 0 unspecified atom stereocenters. The number of benzene rings is 3. The summed E-state index contributed by atoms with van der Waals surface area (Å²) in [6.07, 6.45) is 0. The number of halogens is 1. The lowest BCUT2D eigenvalue weighted by atomic mass is 10.0. The van der Waals surface area contributed by atoms with E-state index in [1.54, 1.807) is 36.4 Å². The zero-order chi connectivity index (χ0) is 24.2. The van der Waals surface area contributed by atoms with Crippen LogP contribution in [-0.2, 0) is 0 Å². The molecule has 3 aromatic carbocycles. The number of rotatable bonds is 7. The first-order valence-electron chi connectivity index (χ1n) is 10.9. The van der Waals surface area contributed by atoms with Crippen LogP contribution >= 0.6 is 15.9 Å². The maximum absolute atomic E-state index is 13.6. The average molecular weight is 518 g/mol. The molecule has 1 aromatic heterocycles. The molecule has 6 nitrogen and oxygen atoms in total. The van der Waals surface area contributed by atoms with E-state index in [4.69, 9.17) is 0 Å². The van der Waals surface area contributed by atoms with Gasteiger partial charge in [-0.1, -0.05) is 64.5 Å². The molecule has 172 valence electrons. The maximum atomic E-state index is 13.6. The summed E-state index contributed by atoms with van der Waals surface area (Å²) in [5.41, 5.74) is 1.82. The van der Waals surface area contributed by atoms with E-state index >= 15 is 0 Å². The van der Waals surface area contributed by atoms with E-state index in [9.17, 15) is 14.4 Å². The molecule has 0 aliphatic carbocycles. The first-order chi connectivity index (χ1) is 16.4. The monoisotopic (exact) mass is 517 g/mol. The summed E-state index contributed by atoms with van der Waals surface area (Å²) < 4.78 is 2.23. The fourth-order valence-electron chi connectivity index (χ4n) is 3.75. The van der Waals surface area contributed by atoms with Gasteiger partial charge in [-0.05, 0) is 50.2 Å². The predicted octanol–water partition coefficient (Wildman–Crippen LogP) is 5.33. The highest BCUT2D eigenvalue weighted by molar-refractivity contribution is 9.10. The van der Waals surface area contributed by atoms with Crippen LogP contribution in [0.4, 0.5) is 0 Å². The van der Waals surface area contributed by atoms with Crippen molar-refractivity contribution in [1.29, 1.82) is 0 Å². The molecular weight excluding hydrogens is 494 g/mol. The van der Waals surface area contributed by atoms with Crippen LogP contribution in [0.15, 0.2) is 94.2 Å². The van der Waals surface area contributed by atoms with Gasteiger partial charge in [-0.3, -0.25) is 19.5 Å². The van der Waals surface area contributed by atoms with Crippen molar-refractivity contribution in [2.45, 2.75) is 19.9 Å². The van der Waals surface area contributed by atoms with Gasteiger partial charge in [0.2, 0.25) is 0 Å². The van der Waals surface area contributed by atoms with Gasteiger partial charge in [-0.25, -0.2) is 4.68 Å². The molecule has 4 rings (SSSR count). The van der Waals surface area contributed by atoms with Gasteiger partial charge in [0, 0.05) is 21.6 Å². The molecule has 0 aliphatic rings. The van der Waals surface area contributed by atoms with Gasteiger partial charge >= 0.3 is 0 Å². The number of hydrogen-bond acceptors (Lipinski definition) is 3. The molecular formula is C27H24BrN3O3. The molecule has 7 heteroatoms. The van der Waals surface area contributed by atoms with Crippen LogP contribution in [0.25, 0.3) is 16.9 Å². The van der Waals surface area contributed by atoms with Gasteiger partial charge in [-0.2, -0.15) is 0 Å². The van der Waals surface area contributed by atoms with Gasteiger partial charge in [0.05, 0.1) is 17.9 Å². The SMILES string of the molecule is CC(C)N(CC(=O)c1c(-c2ccccc2)[nH]n(-c2ccccc2)c1=O)C(=O)c1ccc(Br)cc1. The average Bonchev–Trinajstić information content (AvgIpc) is 3.20. The maximum Gasteiger partial charge on any atom is 0.282 e. The quantitative estimate of drug-likeness (QED) is 0.336. The number of aromatic amines is 1. The lowest BCUT2D eigenvalue weighted by molar-refractivity contribution is 0.0662. The molecule has 1 N–H and O–H groups in total. The topological polar surface area (TPSA) is 75.2 Å². The van der Waals surface area contributed by atoms with Crippen molar-refractivity contribution < 1.29 is 9.59 Å². The van der Waals surface area contributed by atoms with E-state index < -0.39 is 11.3 Å². The highest BCUT2D eigenvalue weighted by atomic mass is 79.9. The van der Waals surface area contributed by atoms with Crippen LogP contribution in [-0.4, -0.2) is 39.0 Å². The van der Waals surface area contributed by atoms with E-state index in [2.05, 4.69) is 21.0 Å². The first-order valence-corrected chi connectivity index (χ1v) is 11.7. The Balaban J connectivity index is 1.75. The third-order valence-electron chi connectivity index (χ3n) is 5.54. The van der Waals surface area contributed by atoms with Crippen molar-refractivity contribution in [1.82, 2.24) is 14.7 Å². The van der Waals surface area contributed by atoms with E-state index in [0.29, 0.717) is 22.5 Å². The fourth-order valence-corrected chi connectivity index (χ4v) is 4.01. The largest absolute Gasteiger partial charge is 0.329 e. The molecule has 0 radical (unpaired) electrons. The summed E-state index contributed by atoms with van der Waals surface area (Å²) in [5, 5.41) is 3.11. The third-order valence-corrected chi connectivity index (χ3v) is 6.06. The predicted molar refractivity (Wildman–Crippen MR) is 136 cm³/mol. The second kappa shape index (κ2) is 10.1. The number of H-pyrrole nitrogens is 1. The summed E-state index contributed by atoms with van der Waals surface area (Å²) in [6.45, 7) is 3.48. The van der Waals surface area contributed by atoms with Gasteiger partial charge in [0.15, 0.2) is 5.78 Å². The summed E-state index contributed by atoms with van der Waals surface area (Å²) in [6, 6.07) is 25.1. The lowest BCUT2D eigenvalue weighted by Gasteiger charge is -2.26. The standard InChI is InChI=1S/C27H24BrN3O3/c1-18(2)30(26(33)20-13-15-21(28)16-14-20)17-23(32)24-25(19-9-5-3-6-10-19)29-31(27(24)34)22-11-7-4-8-12-22/h3-16,18,29H,17H2,1-2H3. The molecule has 1 amide bonds. The number of para-hydroxylation sites is 1. The number of nitrogens with one attached hydrogen (secondary N) is 1. The molecule has 0 spiro atoms. The lowest BCUT2D eigenvalue weighted by Crippen LogP contribution is -2.41. The minimum absolute atomic E-state index is 0.0318. The Morgan fingerprint density at radius 1 is 0.912 bits per heavy atom. The van der Waals surface area contributed by atoms with E-state index in [1.807, 2.05) is 62.4 Å². The van der Waals surface area contributed by atoms with Crippen molar-refractivity contribution in [2.24, 2.45) is 0 Å². The number of ketones is 1. The second-order valence-corrected chi connectivity index (χ2v) is 9.08. The van der Waals surface area contributed by atoms with Crippen molar-refractivity contribution in [3.8, 4) is 16.9 Å². The summed E-state index contributed by atoms with van der Waals surface area (Å²) in [5.74, 6) is -0.690. The van der Waals surface area contributed by atoms with Gasteiger partial charge in [-0.15, -0.1) is 0 Å². The summed E-state index contributed by atoms with van der Waals surface area (Å²) in [4.78, 5) is 41.7. The highest BCUT2D eigenvalue weighted by Gasteiger charge is 2.28. The molecule has 0 aliphatic heterocycles. The van der Waals surface area contributed by atoms with Crippen LogP contribution in [0.2, 0.25) is 0 Å². The van der Waals surface area contributed by atoms with Crippen LogP contribution in [0.1, 0.15) is 34.6 Å². The Morgan fingerprint density at radius 2 is 1.50 bits per heavy atom. The minimum atomic E-state index is -0.449. The van der Waals surface area contributed by atoms with Gasteiger partial charge < -0.3 is 4.90 Å². The van der Waals surface area contributed by atoms with E-state index in [0.717, 1.165) is 4.47 Å². The smallest absolute Gasteiger partial charge is 0.282 e. The molecule has 0 bridgehead atoms. The van der Waals surface area contributed by atoms with Crippen molar-refractivity contribution in [2.75, 3.05) is 6.54 Å². The van der Waals surface area contributed by atoms with Gasteiger partial charge in [0.1, 0.15) is 5.56 Å². The Kier molecular flexibility index (Phi) is 6.93. The number of Topliss-reactive ketones (excluding diaryl/α,β-unsaturated/α-hetero) is 1. The molecule has 34 heavy (non-hydrogen) atoms. The Bertz CT molecular complexity index is 1360. The number of amides is 1. The summed E-state index contributed by atoms with van der Waals surface area (Å²) >= 11 is 3.37. The number of hydrogen-bond donors (Lipinski definition) is 1. The number of carbonyl (C=O) groups excluding carboxylic acids is 2. The molecule has 1 heterocycles. The van der Waals surface area contributed by atoms with Crippen LogP contribution in [0.5, 0.6) is 0 Å². The third kappa shape index (κ3) is 4.79. The molecule has 0 saturated heterocycles.